The number of halogens is 2. The van der Waals surface area contributed by atoms with Crippen LogP contribution in [0.3, 0.4) is 0 Å². The standard InChI is InChI=1S/C9H10F2S/c1-6-3-4-7(9(10)11)8(5-6)12-2/h3-5,9H,1-2H3. The molecular weight excluding hydrogens is 178 g/mol. The van der Waals surface area contributed by atoms with Gasteiger partial charge in [-0.3, -0.25) is 0 Å². The Bertz CT molecular complexity index is 271. The highest BCUT2D eigenvalue weighted by molar-refractivity contribution is 7.98. The summed E-state index contributed by atoms with van der Waals surface area (Å²) in [4.78, 5) is 0.671. The first kappa shape index (κ1) is 9.52. The molecule has 0 aromatic heterocycles. The SMILES string of the molecule is CSc1cc(C)ccc1C(F)F. The van der Waals surface area contributed by atoms with Crippen molar-refractivity contribution in [2.45, 2.75) is 18.2 Å². The first-order valence-electron chi connectivity index (χ1n) is 3.58. The molecule has 12 heavy (non-hydrogen) atoms. The van der Waals surface area contributed by atoms with Gasteiger partial charge < -0.3 is 0 Å². The van der Waals surface area contributed by atoms with Gasteiger partial charge in [-0.05, 0) is 24.8 Å². The molecule has 0 saturated heterocycles. The molecule has 0 spiro atoms. The van der Waals surface area contributed by atoms with Crippen molar-refractivity contribution in [1.82, 2.24) is 0 Å². The number of aryl methyl sites for hydroxylation is 1. The molecule has 0 N–H and O–H groups in total. The molecule has 0 amide bonds. The summed E-state index contributed by atoms with van der Waals surface area (Å²) in [6.07, 6.45) is -0.561. The van der Waals surface area contributed by atoms with Gasteiger partial charge in [-0.1, -0.05) is 12.1 Å². The van der Waals surface area contributed by atoms with Crippen LogP contribution in [0.4, 0.5) is 8.78 Å². The van der Waals surface area contributed by atoms with E-state index in [4.69, 9.17) is 0 Å². The lowest BCUT2D eigenvalue weighted by Gasteiger charge is -2.06. The van der Waals surface area contributed by atoms with Crippen LogP contribution in [0.25, 0.3) is 0 Å². The summed E-state index contributed by atoms with van der Waals surface area (Å²) in [7, 11) is 0. The van der Waals surface area contributed by atoms with Crippen LogP contribution >= 0.6 is 11.8 Å². The van der Waals surface area contributed by atoms with Crippen LogP contribution in [0.5, 0.6) is 0 Å². The van der Waals surface area contributed by atoms with E-state index in [0.717, 1.165) is 5.56 Å². The lowest BCUT2D eigenvalue weighted by molar-refractivity contribution is 0.148. The Morgan fingerprint density at radius 2 is 2.00 bits per heavy atom. The quantitative estimate of drug-likeness (QED) is 0.638. The summed E-state index contributed by atoms with van der Waals surface area (Å²) in [6, 6.07) is 4.99. The predicted molar refractivity (Wildman–Crippen MR) is 47.9 cm³/mol. The van der Waals surface area contributed by atoms with Gasteiger partial charge in [0, 0.05) is 10.5 Å². The smallest absolute Gasteiger partial charge is 0.205 e. The summed E-state index contributed by atoms with van der Waals surface area (Å²) in [6.45, 7) is 1.90. The van der Waals surface area contributed by atoms with Crippen LogP contribution in [-0.4, -0.2) is 6.26 Å². The topological polar surface area (TPSA) is 0 Å². The Labute approximate surface area is 75.0 Å². The van der Waals surface area contributed by atoms with Crippen LogP contribution in [0, 0.1) is 6.92 Å². The van der Waals surface area contributed by atoms with E-state index >= 15 is 0 Å². The van der Waals surface area contributed by atoms with Crippen LogP contribution in [0.2, 0.25) is 0 Å². The molecule has 1 aromatic rings. The first-order valence-corrected chi connectivity index (χ1v) is 4.80. The van der Waals surface area contributed by atoms with E-state index in [2.05, 4.69) is 0 Å². The fraction of sp³-hybridized carbons (Fsp3) is 0.333. The fourth-order valence-corrected chi connectivity index (χ4v) is 1.70. The molecule has 0 aliphatic rings. The van der Waals surface area contributed by atoms with Crippen molar-refractivity contribution >= 4 is 11.8 Å². The lowest BCUT2D eigenvalue weighted by atomic mass is 10.1. The maximum atomic E-state index is 12.3. The zero-order valence-electron chi connectivity index (χ0n) is 6.97. The zero-order chi connectivity index (χ0) is 9.14. The van der Waals surface area contributed by atoms with E-state index in [1.54, 1.807) is 18.4 Å². The Morgan fingerprint density at radius 3 is 2.50 bits per heavy atom. The van der Waals surface area contributed by atoms with E-state index in [1.165, 1.54) is 17.8 Å². The van der Waals surface area contributed by atoms with E-state index in [9.17, 15) is 8.78 Å². The zero-order valence-corrected chi connectivity index (χ0v) is 7.79. The average Bonchev–Trinajstić information content (AvgIpc) is 2.03. The number of alkyl halides is 2. The van der Waals surface area contributed by atoms with Crippen molar-refractivity contribution in [3.05, 3.63) is 29.3 Å². The van der Waals surface area contributed by atoms with Crippen molar-refractivity contribution in [2.24, 2.45) is 0 Å². The predicted octanol–water partition coefficient (Wildman–Crippen LogP) is 3.65. The summed E-state index contributed by atoms with van der Waals surface area (Å²) in [5.41, 5.74) is 1.15. The van der Waals surface area contributed by atoms with Crippen molar-refractivity contribution in [3.63, 3.8) is 0 Å². The highest BCUT2D eigenvalue weighted by Crippen LogP contribution is 2.29. The molecular formula is C9H10F2S. The molecule has 0 radical (unpaired) electrons. The number of benzene rings is 1. The van der Waals surface area contributed by atoms with Crippen LogP contribution < -0.4 is 0 Å². The van der Waals surface area contributed by atoms with Crippen molar-refractivity contribution in [3.8, 4) is 0 Å². The van der Waals surface area contributed by atoms with Gasteiger partial charge in [-0.15, -0.1) is 11.8 Å². The van der Waals surface area contributed by atoms with E-state index in [1.807, 2.05) is 6.92 Å². The van der Waals surface area contributed by atoms with Gasteiger partial charge in [0.2, 0.25) is 0 Å². The number of thioether (sulfide) groups is 1. The number of hydrogen-bond donors (Lipinski definition) is 0. The summed E-state index contributed by atoms with van der Waals surface area (Å²) in [5, 5.41) is 0. The Morgan fingerprint density at radius 1 is 1.33 bits per heavy atom. The fourth-order valence-electron chi connectivity index (χ4n) is 0.999. The molecule has 1 rings (SSSR count). The minimum absolute atomic E-state index is 0.133. The molecule has 0 atom stereocenters. The molecule has 1 aromatic carbocycles. The monoisotopic (exact) mass is 188 g/mol. The average molecular weight is 188 g/mol. The molecule has 0 aliphatic heterocycles. The van der Waals surface area contributed by atoms with Crippen LogP contribution in [-0.2, 0) is 0 Å². The molecule has 0 nitrogen and oxygen atoms in total. The Kier molecular flexibility index (Phi) is 3.09. The molecule has 3 heteroatoms. The maximum absolute atomic E-state index is 12.3. The van der Waals surface area contributed by atoms with E-state index in [-0.39, 0.29) is 5.56 Å². The third-order valence-corrected chi connectivity index (χ3v) is 2.42. The first-order chi connectivity index (χ1) is 5.65. The van der Waals surface area contributed by atoms with Gasteiger partial charge in [0.05, 0.1) is 0 Å². The third kappa shape index (κ3) is 1.97. The molecule has 0 heterocycles. The Hall–Kier alpha value is -0.570. The minimum Gasteiger partial charge on any atom is -0.205 e. The number of hydrogen-bond acceptors (Lipinski definition) is 1. The summed E-state index contributed by atoms with van der Waals surface area (Å²) in [5.74, 6) is 0. The van der Waals surface area contributed by atoms with Gasteiger partial charge >= 0.3 is 0 Å². The highest BCUT2D eigenvalue weighted by atomic mass is 32.2. The van der Waals surface area contributed by atoms with Gasteiger partial charge in [-0.25, -0.2) is 8.78 Å². The minimum atomic E-state index is -2.37. The molecule has 0 fully saturated rings. The molecule has 0 saturated carbocycles. The van der Waals surface area contributed by atoms with Crippen molar-refractivity contribution in [2.75, 3.05) is 6.26 Å². The van der Waals surface area contributed by atoms with Gasteiger partial charge in [0.25, 0.3) is 6.43 Å². The van der Waals surface area contributed by atoms with Crippen molar-refractivity contribution in [1.29, 1.82) is 0 Å². The largest absolute Gasteiger partial charge is 0.264 e. The van der Waals surface area contributed by atoms with E-state index < -0.39 is 6.43 Å². The summed E-state index contributed by atoms with van der Waals surface area (Å²) >= 11 is 1.36. The summed E-state index contributed by atoms with van der Waals surface area (Å²) < 4.78 is 24.7. The normalized spacial score (nSPS) is 10.8. The highest BCUT2D eigenvalue weighted by Gasteiger charge is 2.11. The number of rotatable bonds is 2. The Balaban J connectivity index is 3.11. The molecule has 0 bridgehead atoms. The second-order valence-corrected chi connectivity index (χ2v) is 3.39. The van der Waals surface area contributed by atoms with Gasteiger partial charge in [0.1, 0.15) is 0 Å². The van der Waals surface area contributed by atoms with Gasteiger partial charge in [0.15, 0.2) is 0 Å². The third-order valence-electron chi connectivity index (χ3n) is 1.62. The molecule has 66 valence electrons. The van der Waals surface area contributed by atoms with Crippen LogP contribution in [0.15, 0.2) is 23.1 Å². The van der Waals surface area contributed by atoms with E-state index in [0.29, 0.717) is 4.90 Å². The van der Waals surface area contributed by atoms with Gasteiger partial charge in [-0.2, -0.15) is 0 Å². The second-order valence-electron chi connectivity index (χ2n) is 2.55. The van der Waals surface area contributed by atoms with Crippen molar-refractivity contribution < 1.29 is 8.78 Å². The maximum Gasteiger partial charge on any atom is 0.264 e. The molecule has 0 unspecified atom stereocenters. The lowest BCUT2D eigenvalue weighted by Crippen LogP contribution is -1.88. The second kappa shape index (κ2) is 3.90. The molecule has 0 aliphatic carbocycles. The van der Waals surface area contributed by atoms with Crippen LogP contribution in [0.1, 0.15) is 17.6 Å².